The fourth-order valence-corrected chi connectivity index (χ4v) is 2.78. The third kappa shape index (κ3) is 2.46. The Balaban J connectivity index is 2.38. The molecule has 1 N–H and O–H groups in total. The zero-order chi connectivity index (χ0) is 12.6. The molecule has 17 heavy (non-hydrogen) atoms. The summed E-state index contributed by atoms with van der Waals surface area (Å²) < 4.78 is 14.3. The van der Waals surface area contributed by atoms with E-state index >= 15 is 0 Å². The van der Waals surface area contributed by atoms with Crippen LogP contribution in [-0.2, 0) is 4.79 Å². The highest BCUT2D eigenvalue weighted by Gasteiger charge is 2.32. The zero-order valence-corrected chi connectivity index (χ0v) is 11.1. The normalized spacial score (nSPS) is 20.1. The van der Waals surface area contributed by atoms with E-state index in [0.29, 0.717) is 11.0 Å². The molecule has 1 atom stereocenters. The molecule has 1 unspecified atom stereocenters. The predicted molar refractivity (Wildman–Crippen MR) is 66.7 cm³/mol. The van der Waals surface area contributed by atoms with Crippen LogP contribution in [0.25, 0.3) is 0 Å². The van der Waals surface area contributed by atoms with Crippen LogP contribution < -0.4 is 4.90 Å². The molecule has 1 aliphatic rings. The second-order valence-corrected chi connectivity index (χ2v) is 5.30. The number of halogens is 3. The summed E-state index contributed by atoms with van der Waals surface area (Å²) in [5.41, 5.74) is 0.0933. The third-order valence-corrected chi connectivity index (χ3v) is 3.46. The molecule has 3 nitrogen and oxygen atoms in total. The highest BCUT2D eigenvalue weighted by molar-refractivity contribution is 9.10. The maximum absolute atomic E-state index is 13.8. The van der Waals surface area contributed by atoms with Gasteiger partial charge in [-0.25, -0.2) is 4.39 Å². The number of amides is 1. The molecule has 1 aliphatic heterocycles. The van der Waals surface area contributed by atoms with E-state index in [1.807, 2.05) is 0 Å². The van der Waals surface area contributed by atoms with Gasteiger partial charge in [0, 0.05) is 30.0 Å². The fraction of sp³-hybridized carbons (Fsp3) is 0.364. The van der Waals surface area contributed by atoms with Crippen molar-refractivity contribution in [1.82, 2.24) is 0 Å². The number of carbonyl (C=O) groups excluding carboxylic acids is 1. The molecule has 0 aliphatic carbocycles. The van der Waals surface area contributed by atoms with Gasteiger partial charge in [-0.3, -0.25) is 4.79 Å². The number of aliphatic hydroxyl groups excluding tert-OH is 1. The fourth-order valence-electron chi connectivity index (χ4n) is 1.91. The minimum Gasteiger partial charge on any atom is -0.396 e. The van der Waals surface area contributed by atoms with E-state index in [9.17, 15) is 9.18 Å². The van der Waals surface area contributed by atoms with Crippen LogP contribution in [0.3, 0.4) is 0 Å². The average molecular weight is 323 g/mol. The molecular weight excluding hydrogens is 312 g/mol. The summed E-state index contributed by atoms with van der Waals surface area (Å²) in [6.07, 6.45) is 0.225. The van der Waals surface area contributed by atoms with E-state index in [-0.39, 0.29) is 35.6 Å². The summed E-state index contributed by atoms with van der Waals surface area (Å²) in [5.74, 6) is -0.912. The van der Waals surface area contributed by atoms with Crippen molar-refractivity contribution >= 4 is 39.1 Å². The quantitative estimate of drug-likeness (QED) is 0.909. The number of nitrogens with zero attached hydrogens (tertiary/aromatic N) is 1. The second-order valence-electron chi connectivity index (χ2n) is 3.98. The zero-order valence-electron chi connectivity index (χ0n) is 8.79. The van der Waals surface area contributed by atoms with Gasteiger partial charge in [0.25, 0.3) is 0 Å². The van der Waals surface area contributed by atoms with Gasteiger partial charge in [0.05, 0.1) is 10.7 Å². The van der Waals surface area contributed by atoms with Crippen LogP contribution in [0.5, 0.6) is 0 Å². The Hall–Kier alpha value is -0.650. The lowest BCUT2D eigenvalue weighted by atomic mass is 10.1. The lowest BCUT2D eigenvalue weighted by Gasteiger charge is -2.19. The van der Waals surface area contributed by atoms with Crippen molar-refractivity contribution in [3.8, 4) is 0 Å². The molecule has 1 heterocycles. The van der Waals surface area contributed by atoms with E-state index in [4.69, 9.17) is 16.7 Å². The van der Waals surface area contributed by atoms with Crippen molar-refractivity contribution in [2.45, 2.75) is 6.42 Å². The van der Waals surface area contributed by atoms with Crippen molar-refractivity contribution in [3.05, 3.63) is 27.4 Å². The first-order valence-electron chi connectivity index (χ1n) is 5.08. The molecule has 0 aromatic heterocycles. The van der Waals surface area contributed by atoms with E-state index in [0.717, 1.165) is 0 Å². The van der Waals surface area contributed by atoms with Crippen LogP contribution in [-0.4, -0.2) is 24.2 Å². The number of carbonyl (C=O) groups is 1. The summed E-state index contributed by atoms with van der Waals surface area (Å²) in [4.78, 5) is 13.0. The standard InChI is InChI=1S/C11H10BrClFNO2/c12-7-2-8(13)11(9(14)3-7)15-4-6(5-16)1-10(15)17/h2-3,6,16H,1,4-5H2. The van der Waals surface area contributed by atoms with Crippen LogP contribution in [0.2, 0.25) is 5.02 Å². The Morgan fingerprint density at radius 3 is 2.82 bits per heavy atom. The van der Waals surface area contributed by atoms with Gasteiger partial charge in [-0.1, -0.05) is 27.5 Å². The Kier molecular flexibility index (Phi) is 3.70. The van der Waals surface area contributed by atoms with Crippen molar-refractivity contribution < 1.29 is 14.3 Å². The Morgan fingerprint density at radius 2 is 2.29 bits per heavy atom. The number of anilines is 1. The summed E-state index contributed by atoms with van der Waals surface area (Å²) in [6.45, 7) is 0.214. The van der Waals surface area contributed by atoms with Crippen molar-refractivity contribution in [3.63, 3.8) is 0 Å². The van der Waals surface area contributed by atoms with Gasteiger partial charge in [-0.05, 0) is 12.1 Å². The summed E-state index contributed by atoms with van der Waals surface area (Å²) in [6, 6.07) is 2.81. The van der Waals surface area contributed by atoms with Gasteiger partial charge < -0.3 is 10.0 Å². The molecule has 1 amide bonds. The number of hydrogen-bond acceptors (Lipinski definition) is 2. The molecule has 6 heteroatoms. The molecule has 1 aromatic rings. The van der Waals surface area contributed by atoms with Crippen LogP contribution in [0, 0.1) is 11.7 Å². The summed E-state index contributed by atoms with van der Waals surface area (Å²) in [7, 11) is 0. The second kappa shape index (κ2) is 4.92. The van der Waals surface area contributed by atoms with Gasteiger partial charge in [0.2, 0.25) is 5.91 Å². The minimum absolute atomic E-state index is 0.0853. The Bertz CT molecular complexity index is 446. The molecule has 0 radical (unpaired) electrons. The largest absolute Gasteiger partial charge is 0.396 e. The van der Waals surface area contributed by atoms with Crippen LogP contribution in [0.15, 0.2) is 16.6 Å². The topological polar surface area (TPSA) is 40.5 Å². The number of aliphatic hydroxyl groups is 1. The average Bonchev–Trinajstić information content (AvgIpc) is 2.59. The van der Waals surface area contributed by atoms with Gasteiger partial charge in [0.1, 0.15) is 5.82 Å². The molecule has 0 bridgehead atoms. The molecule has 1 fully saturated rings. The van der Waals surface area contributed by atoms with Crippen molar-refractivity contribution in [2.24, 2.45) is 5.92 Å². The highest BCUT2D eigenvalue weighted by Crippen LogP contribution is 2.35. The van der Waals surface area contributed by atoms with Gasteiger partial charge in [-0.15, -0.1) is 0 Å². The van der Waals surface area contributed by atoms with Gasteiger partial charge in [-0.2, -0.15) is 0 Å². The molecule has 2 rings (SSSR count). The molecule has 1 aromatic carbocycles. The Labute approximate surface area is 111 Å². The Morgan fingerprint density at radius 1 is 1.59 bits per heavy atom. The molecular formula is C11H10BrClFNO2. The molecule has 1 saturated heterocycles. The molecule has 0 spiro atoms. The smallest absolute Gasteiger partial charge is 0.227 e. The van der Waals surface area contributed by atoms with E-state index < -0.39 is 5.82 Å². The summed E-state index contributed by atoms with van der Waals surface area (Å²) in [5, 5.41) is 9.20. The van der Waals surface area contributed by atoms with Crippen LogP contribution >= 0.6 is 27.5 Å². The lowest BCUT2D eigenvalue weighted by molar-refractivity contribution is -0.117. The lowest BCUT2D eigenvalue weighted by Crippen LogP contribution is -2.26. The van der Waals surface area contributed by atoms with Crippen LogP contribution in [0.1, 0.15) is 6.42 Å². The highest BCUT2D eigenvalue weighted by atomic mass is 79.9. The maximum atomic E-state index is 13.8. The van der Waals surface area contributed by atoms with E-state index in [2.05, 4.69) is 15.9 Å². The van der Waals surface area contributed by atoms with Crippen LogP contribution in [0.4, 0.5) is 10.1 Å². The molecule has 0 saturated carbocycles. The summed E-state index contributed by atoms with van der Waals surface area (Å²) >= 11 is 9.07. The molecule has 92 valence electrons. The SMILES string of the molecule is O=C1CC(CO)CN1c1c(F)cc(Br)cc1Cl. The maximum Gasteiger partial charge on any atom is 0.227 e. The third-order valence-electron chi connectivity index (χ3n) is 2.71. The first-order valence-corrected chi connectivity index (χ1v) is 6.25. The number of benzene rings is 1. The minimum atomic E-state index is -0.545. The monoisotopic (exact) mass is 321 g/mol. The van der Waals surface area contributed by atoms with Crippen molar-refractivity contribution in [1.29, 1.82) is 0 Å². The number of rotatable bonds is 2. The van der Waals surface area contributed by atoms with Gasteiger partial charge in [0.15, 0.2) is 0 Å². The van der Waals surface area contributed by atoms with Crippen molar-refractivity contribution in [2.75, 3.05) is 18.1 Å². The first kappa shape index (κ1) is 12.8. The van der Waals surface area contributed by atoms with Gasteiger partial charge >= 0.3 is 0 Å². The predicted octanol–water partition coefficient (Wildman–Crippen LogP) is 2.59. The number of hydrogen-bond donors (Lipinski definition) is 1. The van der Waals surface area contributed by atoms with E-state index in [1.165, 1.54) is 11.0 Å². The first-order chi connectivity index (χ1) is 8.02. The van der Waals surface area contributed by atoms with E-state index in [1.54, 1.807) is 6.07 Å².